The zero-order valence-corrected chi connectivity index (χ0v) is 15.9. The van der Waals surface area contributed by atoms with Crippen LogP contribution in [0.15, 0.2) is 72.3 Å². The van der Waals surface area contributed by atoms with Crippen LogP contribution in [0.3, 0.4) is 0 Å². The van der Waals surface area contributed by atoms with Gasteiger partial charge in [-0.15, -0.1) is 0 Å². The van der Waals surface area contributed by atoms with Crippen molar-refractivity contribution in [2.24, 2.45) is 0 Å². The predicted molar refractivity (Wildman–Crippen MR) is 109 cm³/mol. The van der Waals surface area contributed by atoms with E-state index in [0.717, 1.165) is 11.1 Å². The third-order valence-electron chi connectivity index (χ3n) is 4.18. The van der Waals surface area contributed by atoms with Gasteiger partial charge in [0.05, 0.1) is 5.69 Å². The van der Waals surface area contributed by atoms with Crippen molar-refractivity contribution in [1.82, 2.24) is 0 Å². The molecule has 0 bridgehead atoms. The van der Waals surface area contributed by atoms with Crippen LogP contribution in [0.4, 0.5) is 14.5 Å². The molecule has 0 aromatic heterocycles. The van der Waals surface area contributed by atoms with Crippen LogP contribution in [0, 0.1) is 23.0 Å². The SMILES string of the molecule is N#C/C(=C\c1cc(Cl)ccc1Cc1cccc(F)c1)C(=O)Nc1ccccc1F. The highest BCUT2D eigenvalue weighted by Gasteiger charge is 2.13. The fourth-order valence-electron chi connectivity index (χ4n) is 2.78. The number of nitriles is 1. The number of hydrogen-bond donors (Lipinski definition) is 1. The summed E-state index contributed by atoms with van der Waals surface area (Å²) >= 11 is 6.08. The summed E-state index contributed by atoms with van der Waals surface area (Å²) in [6, 6.07) is 18.7. The molecule has 0 fully saturated rings. The molecular formula is C23H15ClF2N2O. The maximum atomic E-state index is 13.8. The number of hydrogen-bond acceptors (Lipinski definition) is 2. The molecule has 3 rings (SSSR count). The Morgan fingerprint density at radius 2 is 1.86 bits per heavy atom. The summed E-state index contributed by atoms with van der Waals surface area (Å²) < 4.78 is 27.3. The zero-order valence-electron chi connectivity index (χ0n) is 15.1. The number of carbonyl (C=O) groups excluding carboxylic acids is 1. The number of halogens is 3. The lowest BCUT2D eigenvalue weighted by molar-refractivity contribution is -0.112. The molecule has 0 aliphatic heterocycles. The second kappa shape index (κ2) is 9.13. The van der Waals surface area contributed by atoms with Crippen molar-refractivity contribution in [2.75, 3.05) is 5.32 Å². The quantitative estimate of drug-likeness (QED) is 0.431. The van der Waals surface area contributed by atoms with E-state index in [1.165, 1.54) is 36.4 Å². The van der Waals surface area contributed by atoms with Crippen molar-refractivity contribution in [1.29, 1.82) is 5.26 Å². The molecule has 0 heterocycles. The summed E-state index contributed by atoms with van der Waals surface area (Å²) in [5, 5.41) is 12.2. The summed E-state index contributed by atoms with van der Waals surface area (Å²) in [5.41, 5.74) is 1.80. The molecule has 0 saturated carbocycles. The molecule has 0 aliphatic carbocycles. The first-order valence-electron chi connectivity index (χ1n) is 8.67. The Bertz CT molecular complexity index is 1140. The number of nitrogens with one attached hydrogen (secondary N) is 1. The molecule has 29 heavy (non-hydrogen) atoms. The molecule has 1 amide bonds. The highest BCUT2D eigenvalue weighted by atomic mass is 35.5. The van der Waals surface area contributed by atoms with Gasteiger partial charge in [-0.1, -0.05) is 41.9 Å². The third kappa shape index (κ3) is 5.28. The highest BCUT2D eigenvalue weighted by molar-refractivity contribution is 6.30. The molecule has 0 saturated heterocycles. The zero-order chi connectivity index (χ0) is 20.8. The van der Waals surface area contributed by atoms with Crippen molar-refractivity contribution < 1.29 is 13.6 Å². The normalized spacial score (nSPS) is 11.0. The molecule has 1 N–H and O–H groups in total. The number of amides is 1. The second-order valence-electron chi connectivity index (χ2n) is 6.25. The van der Waals surface area contributed by atoms with E-state index in [-0.39, 0.29) is 17.1 Å². The van der Waals surface area contributed by atoms with E-state index in [4.69, 9.17) is 11.6 Å². The number of para-hydroxylation sites is 1. The summed E-state index contributed by atoms with van der Waals surface area (Å²) in [6.07, 6.45) is 1.77. The van der Waals surface area contributed by atoms with Gasteiger partial charge in [0.2, 0.25) is 0 Å². The molecule has 6 heteroatoms. The van der Waals surface area contributed by atoms with E-state index in [9.17, 15) is 18.8 Å². The Morgan fingerprint density at radius 1 is 1.07 bits per heavy atom. The second-order valence-corrected chi connectivity index (χ2v) is 6.69. The standard InChI is InChI=1S/C23H15ClF2N2O/c24-19-9-8-16(10-15-4-3-5-20(25)11-15)17(13-19)12-18(14-27)23(29)28-22-7-2-1-6-21(22)26/h1-9,11-13H,10H2,(H,28,29)/b18-12+. The van der Waals surface area contributed by atoms with Crippen molar-refractivity contribution in [3.05, 3.63) is 106 Å². The van der Waals surface area contributed by atoms with Gasteiger partial charge in [-0.05, 0) is 65.6 Å². The van der Waals surface area contributed by atoms with Gasteiger partial charge in [-0.25, -0.2) is 8.78 Å². The minimum atomic E-state index is -0.741. The molecule has 0 aliphatic rings. The fourth-order valence-corrected chi connectivity index (χ4v) is 2.96. The lowest BCUT2D eigenvalue weighted by Gasteiger charge is -2.09. The summed E-state index contributed by atoms with van der Waals surface area (Å²) in [7, 11) is 0. The summed E-state index contributed by atoms with van der Waals surface area (Å²) in [4.78, 5) is 12.4. The van der Waals surface area contributed by atoms with Gasteiger partial charge in [-0.2, -0.15) is 5.26 Å². The Hall–Kier alpha value is -3.49. The number of carbonyl (C=O) groups is 1. The van der Waals surface area contributed by atoms with Gasteiger partial charge in [0, 0.05) is 5.02 Å². The van der Waals surface area contributed by atoms with Crippen LogP contribution >= 0.6 is 11.6 Å². The first-order valence-corrected chi connectivity index (χ1v) is 9.04. The Balaban J connectivity index is 1.92. The number of nitrogens with zero attached hydrogens (tertiary/aromatic N) is 1. The summed E-state index contributed by atoms with van der Waals surface area (Å²) in [6.45, 7) is 0. The van der Waals surface area contributed by atoms with Crippen molar-refractivity contribution in [3.63, 3.8) is 0 Å². The smallest absolute Gasteiger partial charge is 0.266 e. The molecule has 0 spiro atoms. The average Bonchev–Trinajstić information content (AvgIpc) is 2.69. The summed E-state index contributed by atoms with van der Waals surface area (Å²) in [5.74, 6) is -1.70. The third-order valence-corrected chi connectivity index (χ3v) is 4.41. The van der Waals surface area contributed by atoms with Crippen LogP contribution in [0.1, 0.15) is 16.7 Å². The topological polar surface area (TPSA) is 52.9 Å². The molecule has 3 nitrogen and oxygen atoms in total. The first-order chi connectivity index (χ1) is 14.0. The van der Waals surface area contributed by atoms with Crippen molar-refractivity contribution in [2.45, 2.75) is 6.42 Å². The van der Waals surface area contributed by atoms with Crippen LogP contribution in [0.25, 0.3) is 6.08 Å². The van der Waals surface area contributed by atoms with Gasteiger partial charge >= 0.3 is 0 Å². The minimum absolute atomic E-state index is 0.0234. The molecule has 0 unspecified atom stereocenters. The largest absolute Gasteiger partial charge is 0.319 e. The van der Waals surface area contributed by atoms with Gasteiger partial charge in [0.25, 0.3) is 5.91 Å². The van der Waals surface area contributed by atoms with Crippen LogP contribution in [0.5, 0.6) is 0 Å². The average molecular weight is 409 g/mol. The first kappa shape index (κ1) is 20.2. The molecule has 3 aromatic rings. The fraction of sp³-hybridized carbons (Fsp3) is 0.0435. The van der Waals surface area contributed by atoms with Crippen LogP contribution < -0.4 is 5.32 Å². The van der Waals surface area contributed by atoms with Crippen molar-refractivity contribution in [3.8, 4) is 6.07 Å². The highest BCUT2D eigenvalue weighted by Crippen LogP contribution is 2.23. The molecule has 0 radical (unpaired) electrons. The van der Waals surface area contributed by atoms with E-state index in [2.05, 4.69) is 5.32 Å². The maximum Gasteiger partial charge on any atom is 0.266 e. The molecule has 3 aromatic carbocycles. The number of rotatable bonds is 5. The lowest BCUT2D eigenvalue weighted by atomic mass is 9.98. The van der Waals surface area contributed by atoms with E-state index in [0.29, 0.717) is 17.0 Å². The maximum absolute atomic E-state index is 13.8. The number of anilines is 1. The van der Waals surface area contributed by atoms with Crippen LogP contribution in [0.2, 0.25) is 5.02 Å². The Labute approximate surface area is 171 Å². The van der Waals surface area contributed by atoms with E-state index in [1.54, 1.807) is 36.4 Å². The Morgan fingerprint density at radius 3 is 2.59 bits per heavy atom. The molecule has 0 atom stereocenters. The van der Waals surface area contributed by atoms with Crippen molar-refractivity contribution >= 4 is 29.3 Å². The number of benzene rings is 3. The van der Waals surface area contributed by atoms with Gasteiger partial charge in [0.1, 0.15) is 23.3 Å². The predicted octanol–water partition coefficient (Wildman–Crippen LogP) is 5.75. The minimum Gasteiger partial charge on any atom is -0.319 e. The van der Waals surface area contributed by atoms with E-state index in [1.807, 2.05) is 6.07 Å². The van der Waals surface area contributed by atoms with Gasteiger partial charge < -0.3 is 5.32 Å². The van der Waals surface area contributed by atoms with Crippen LogP contribution in [-0.2, 0) is 11.2 Å². The monoisotopic (exact) mass is 408 g/mol. The van der Waals surface area contributed by atoms with E-state index >= 15 is 0 Å². The van der Waals surface area contributed by atoms with Gasteiger partial charge in [0.15, 0.2) is 0 Å². The van der Waals surface area contributed by atoms with Gasteiger partial charge in [-0.3, -0.25) is 4.79 Å². The van der Waals surface area contributed by atoms with Crippen LogP contribution in [-0.4, -0.2) is 5.91 Å². The van der Waals surface area contributed by atoms with E-state index < -0.39 is 11.7 Å². The molecular weight excluding hydrogens is 394 g/mol. The Kier molecular flexibility index (Phi) is 6.38. The molecule has 144 valence electrons. The lowest BCUT2D eigenvalue weighted by Crippen LogP contribution is -2.14.